The first-order chi connectivity index (χ1) is 15.6. The summed E-state index contributed by atoms with van der Waals surface area (Å²) in [7, 11) is 0. The Bertz CT molecular complexity index is 1220. The van der Waals surface area contributed by atoms with E-state index >= 15 is 0 Å². The van der Waals surface area contributed by atoms with Gasteiger partial charge >= 0.3 is 12.1 Å². The maximum atomic E-state index is 12.0. The van der Waals surface area contributed by atoms with Crippen molar-refractivity contribution >= 4 is 28.8 Å². The fraction of sp³-hybridized carbons (Fsp3) is 0.125. The van der Waals surface area contributed by atoms with Gasteiger partial charge in [-0.1, -0.05) is 18.2 Å². The Morgan fingerprint density at radius 2 is 1.75 bits per heavy atom. The quantitative estimate of drug-likeness (QED) is 0.431. The molecule has 162 valence electrons. The van der Waals surface area contributed by atoms with Crippen LogP contribution in [0.2, 0.25) is 0 Å². The fourth-order valence-corrected chi connectivity index (χ4v) is 3.08. The maximum Gasteiger partial charge on any atom is 0.417 e. The second kappa shape index (κ2) is 9.65. The van der Waals surface area contributed by atoms with E-state index < -0.39 is 12.1 Å². The second-order valence-corrected chi connectivity index (χ2v) is 6.73. The zero-order chi connectivity index (χ0) is 22.3. The molecule has 0 radical (unpaired) electrons. The average molecular weight is 431 g/mol. The van der Waals surface area contributed by atoms with E-state index in [2.05, 4.69) is 10.3 Å². The van der Waals surface area contributed by atoms with Crippen molar-refractivity contribution in [2.24, 2.45) is 0 Å². The van der Waals surface area contributed by atoms with Gasteiger partial charge in [0.05, 0.1) is 17.6 Å². The predicted molar refractivity (Wildman–Crippen MR) is 119 cm³/mol. The SMILES string of the molecule is CCOC(=O)COc1ccc2c(c1)ncn2-c1ccc(NC(=O)Oc2ccccc2)cc1. The molecule has 0 aliphatic heterocycles. The van der Waals surface area contributed by atoms with Crippen LogP contribution in [0.1, 0.15) is 6.92 Å². The molecule has 4 aromatic rings. The largest absolute Gasteiger partial charge is 0.482 e. The number of carbonyl (C=O) groups is 2. The molecule has 0 aliphatic carbocycles. The van der Waals surface area contributed by atoms with E-state index in [-0.39, 0.29) is 6.61 Å². The Balaban J connectivity index is 1.42. The van der Waals surface area contributed by atoms with E-state index in [9.17, 15) is 9.59 Å². The molecule has 32 heavy (non-hydrogen) atoms. The zero-order valence-corrected chi connectivity index (χ0v) is 17.4. The van der Waals surface area contributed by atoms with E-state index in [0.717, 1.165) is 16.7 Å². The Hall–Kier alpha value is -4.33. The maximum absolute atomic E-state index is 12.0. The summed E-state index contributed by atoms with van der Waals surface area (Å²) in [5.41, 5.74) is 3.07. The summed E-state index contributed by atoms with van der Waals surface area (Å²) in [6.07, 6.45) is 1.14. The molecule has 1 amide bonds. The number of benzene rings is 3. The number of aromatic nitrogens is 2. The number of hydrogen-bond acceptors (Lipinski definition) is 6. The van der Waals surface area contributed by atoms with E-state index in [1.54, 1.807) is 61.8 Å². The number of rotatable bonds is 7. The lowest BCUT2D eigenvalue weighted by molar-refractivity contribution is -0.145. The summed E-state index contributed by atoms with van der Waals surface area (Å²) >= 11 is 0. The molecular formula is C24H21N3O5. The molecule has 1 heterocycles. The van der Waals surface area contributed by atoms with Crippen molar-refractivity contribution in [2.75, 3.05) is 18.5 Å². The van der Waals surface area contributed by atoms with Crippen LogP contribution in [0.25, 0.3) is 16.7 Å². The molecule has 0 unspecified atom stereocenters. The van der Waals surface area contributed by atoms with Crippen molar-refractivity contribution in [3.63, 3.8) is 0 Å². The van der Waals surface area contributed by atoms with E-state index in [1.807, 2.05) is 28.8 Å². The van der Waals surface area contributed by atoms with Crippen LogP contribution in [0.15, 0.2) is 79.1 Å². The number of nitrogens with zero attached hydrogens (tertiary/aromatic N) is 2. The van der Waals surface area contributed by atoms with Crippen molar-refractivity contribution in [1.29, 1.82) is 0 Å². The van der Waals surface area contributed by atoms with Gasteiger partial charge < -0.3 is 14.2 Å². The van der Waals surface area contributed by atoms with Crippen LogP contribution >= 0.6 is 0 Å². The molecule has 0 saturated carbocycles. The number of nitrogens with one attached hydrogen (secondary N) is 1. The molecule has 1 N–H and O–H groups in total. The standard InChI is InChI=1S/C24H21N3O5/c1-2-30-23(28)15-31-20-12-13-22-21(14-20)25-16-27(22)18-10-8-17(9-11-18)26-24(29)32-19-6-4-3-5-7-19/h3-14,16H,2,15H2,1H3,(H,26,29). The van der Waals surface area contributed by atoms with Crippen molar-refractivity contribution in [3.8, 4) is 17.2 Å². The predicted octanol–water partition coefficient (Wildman–Crippen LogP) is 4.58. The lowest BCUT2D eigenvalue weighted by atomic mass is 10.2. The van der Waals surface area contributed by atoms with Crippen LogP contribution in [-0.4, -0.2) is 34.8 Å². The highest BCUT2D eigenvalue weighted by Gasteiger charge is 2.09. The highest BCUT2D eigenvalue weighted by molar-refractivity contribution is 5.86. The van der Waals surface area contributed by atoms with Gasteiger partial charge in [0.25, 0.3) is 0 Å². The molecule has 0 bridgehead atoms. The number of para-hydroxylation sites is 1. The van der Waals surface area contributed by atoms with Gasteiger partial charge in [-0.2, -0.15) is 0 Å². The van der Waals surface area contributed by atoms with E-state index in [1.165, 1.54) is 0 Å². The minimum Gasteiger partial charge on any atom is -0.482 e. The number of hydrogen-bond donors (Lipinski definition) is 1. The molecule has 0 aliphatic rings. The van der Waals surface area contributed by atoms with Crippen molar-refractivity contribution in [1.82, 2.24) is 9.55 Å². The van der Waals surface area contributed by atoms with Crippen LogP contribution in [0.4, 0.5) is 10.5 Å². The Labute approximate surface area is 184 Å². The molecular weight excluding hydrogens is 410 g/mol. The molecule has 3 aromatic carbocycles. The first kappa shape index (κ1) is 20.9. The third-order valence-corrected chi connectivity index (χ3v) is 4.53. The summed E-state index contributed by atoms with van der Waals surface area (Å²) in [6, 6.07) is 21.6. The number of carbonyl (C=O) groups excluding carboxylic acids is 2. The Kier molecular flexibility index (Phi) is 6.31. The van der Waals surface area contributed by atoms with Crippen LogP contribution in [0, 0.1) is 0 Å². The van der Waals surface area contributed by atoms with Gasteiger partial charge in [0, 0.05) is 17.4 Å². The van der Waals surface area contributed by atoms with Crippen molar-refractivity contribution in [2.45, 2.75) is 6.92 Å². The number of amides is 1. The molecule has 8 nitrogen and oxygen atoms in total. The van der Waals surface area contributed by atoms with Crippen LogP contribution in [0.5, 0.6) is 11.5 Å². The summed E-state index contributed by atoms with van der Waals surface area (Å²) in [6.45, 7) is 1.91. The minimum atomic E-state index is -0.563. The number of imidazole rings is 1. The first-order valence-electron chi connectivity index (χ1n) is 10.0. The third-order valence-electron chi connectivity index (χ3n) is 4.53. The van der Waals surface area contributed by atoms with Crippen molar-refractivity contribution in [3.05, 3.63) is 79.1 Å². The Morgan fingerprint density at radius 3 is 2.50 bits per heavy atom. The van der Waals surface area contributed by atoms with E-state index in [4.69, 9.17) is 14.2 Å². The van der Waals surface area contributed by atoms with Crippen LogP contribution < -0.4 is 14.8 Å². The number of fused-ring (bicyclic) bond motifs is 1. The molecule has 0 spiro atoms. The first-order valence-corrected chi connectivity index (χ1v) is 10.0. The summed E-state index contributed by atoms with van der Waals surface area (Å²) in [5, 5.41) is 2.70. The highest BCUT2D eigenvalue weighted by Crippen LogP contribution is 2.24. The number of anilines is 1. The van der Waals surface area contributed by atoms with Gasteiger partial charge in [-0.05, 0) is 55.5 Å². The van der Waals surface area contributed by atoms with Gasteiger partial charge in [-0.15, -0.1) is 0 Å². The minimum absolute atomic E-state index is 0.152. The topological polar surface area (TPSA) is 91.7 Å². The second-order valence-electron chi connectivity index (χ2n) is 6.73. The van der Waals surface area contributed by atoms with Gasteiger partial charge in [0.1, 0.15) is 17.8 Å². The summed E-state index contributed by atoms with van der Waals surface area (Å²) in [5.74, 6) is 0.587. The molecule has 8 heteroatoms. The van der Waals surface area contributed by atoms with Crippen molar-refractivity contribution < 1.29 is 23.8 Å². The normalized spacial score (nSPS) is 10.5. The van der Waals surface area contributed by atoms with Crippen LogP contribution in [-0.2, 0) is 9.53 Å². The average Bonchev–Trinajstić information content (AvgIpc) is 3.22. The Morgan fingerprint density at radius 1 is 0.969 bits per heavy atom. The molecule has 0 atom stereocenters. The van der Waals surface area contributed by atoms with E-state index in [0.29, 0.717) is 23.8 Å². The summed E-state index contributed by atoms with van der Waals surface area (Å²) in [4.78, 5) is 27.9. The molecule has 0 fully saturated rings. The molecule has 1 aromatic heterocycles. The molecule has 0 saturated heterocycles. The third kappa shape index (κ3) is 5.04. The van der Waals surface area contributed by atoms with Crippen LogP contribution in [0.3, 0.4) is 0 Å². The van der Waals surface area contributed by atoms with Gasteiger partial charge in [-0.3, -0.25) is 9.88 Å². The fourth-order valence-electron chi connectivity index (χ4n) is 3.08. The monoisotopic (exact) mass is 431 g/mol. The highest BCUT2D eigenvalue weighted by atomic mass is 16.6. The smallest absolute Gasteiger partial charge is 0.417 e. The number of ether oxygens (including phenoxy) is 3. The lowest BCUT2D eigenvalue weighted by Gasteiger charge is -2.09. The summed E-state index contributed by atoms with van der Waals surface area (Å²) < 4.78 is 17.5. The number of esters is 1. The van der Waals surface area contributed by atoms with Gasteiger partial charge in [-0.25, -0.2) is 14.6 Å². The van der Waals surface area contributed by atoms with Gasteiger partial charge in [0.15, 0.2) is 6.61 Å². The molecule has 4 rings (SSSR count). The zero-order valence-electron chi connectivity index (χ0n) is 17.4. The lowest BCUT2D eigenvalue weighted by Crippen LogP contribution is -2.16. The van der Waals surface area contributed by atoms with Gasteiger partial charge in [0.2, 0.25) is 0 Å².